The van der Waals surface area contributed by atoms with Gasteiger partial charge in [0.1, 0.15) is 0 Å². The predicted octanol–water partition coefficient (Wildman–Crippen LogP) is 9.98. The van der Waals surface area contributed by atoms with Crippen LogP contribution in [0.15, 0.2) is 158 Å². The van der Waals surface area contributed by atoms with Crippen molar-refractivity contribution in [3.05, 3.63) is 188 Å². The fourth-order valence-electron chi connectivity index (χ4n) is 6.74. The number of hydrogen-bond donors (Lipinski definition) is 0. The Labute approximate surface area is 300 Å². The van der Waals surface area contributed by atoms with Crippen LogP contribution < -0.4 is 9.47 Å². The van der Waals surface area contributed by atoms with Crippen LogP contribution in [-0.2, 0) is 21.1 Å². The van der Waals surface area contributed by atoms with Crippen LogP contribution >= 0.6 is 0 Å². The summed E-state index contributed by atoms with van der Waals surface area (Å²) in [6.45, 7) is 2.10. The van der Waals surface area contributed by atoms with Gasteiger partial charge < -0.3 is 14.0 Å². The maximum absolute atomic E-state index is 3.47. The Bertz CT molecular complexity index is 2570. The first-order valence-corrected chi connectivity index (χ1v) is 16.1. The number of aryl methyl sites for hydroxylation is 1. The second kappa shape index (κ2) is 12.7. The molecule has 4 nitrogen and oxygen atoms in total. The molecule has 0 unspecified atom stereocenters. The van der Waals surface area contributed by atoms with Gasteiger partial charge in [0.15, 0.2) is 0 Å². The number of benzene rings is 7. The molecule has 1 aliphatic rings. The molecule has 10 rings (SSSR count). The van der Waals surface area contributed by atoms with Gasteiger partial charge in [0.05, 0.1) is 27.9 Å². The second-order valence-corrected chi connectivity index (χ2v) is 11.9. The number of rotatable bonds is 3. The van der Waals surface area contributed by atoms with Crippen LogP contribution in [0.4, 0.5) is 17.1 Å². The number of aromatic nitrogens is 3. The van der Waals surface area contributed by atoms with Crippen molar-refractivity contribution < 1.29 is 25.6 Å². The van der Waals surface area contributed by atoms with E-state index in [0.29, 0.717) is 0 Å². The Kier molecular flexibility index (Phi) is 7.95. The first-order valence-electron chi connectivity index (χ1n) is 16.1. The van der Waals surface area contributed by atoms with Gasteiger partial charge in [-0.3, -0.25) is 4.57 Å². The molecular formula is C44H29N4Pt+. The van der Waals surface area contributed by atoms with Crippen LogP contribution in [0.3, 0.4) is 0 Å². The zero-order chi connectivity index (χ0) is 32.0. The molecule has 3 heterocycles. The van der Waals surface area contributed by atoms with E-state index in [4.69, 9.17) is 0 Å². The minimum Gasteiger partial charge on any atom is -0.362 e. The molecule has 49 heavy (non-hydrogen) atoms. The van der Waals surface area contributed by atoms with Crippen LogP contribution in [0.2, 0.25) is 0 Å². The minimum absolute atomic E-state index is 0. The summed E-state index contributed by atoms with van der Waals surface area (Å²) < 4.78 is 6.44. The molecule has 0 saturated carbocycles. The average molecular weight is 809 g/mol. The van der Waals surface area contributed by atoms with Crippen molar-refractivity contribution in [1.29, 1.82) is 0 Å². The van der Waals surface area contributed by atoms with Gasteiger partial charge in [-0.05, 0) is 59.7 Å². The standard InChI is InChI=1S/C24H14N2.C20H15N2.Pt/c1-2-9-17(10-3-1)25-21-14-6-7-15-22(21)26-20-13-5-4-11-18(20)19-12-8-16-23(25)24(19)26;1-16-11-13-18(14-12-16)22-15-21(17-7-3-2-4-8-17)19-9-5-6-10-20(19)22;/h1-12,14,16H;2-7,9-14H,1H3;/q-2;-1;+4. The van der Waals surface area contributed by atoms with E-state index in [1.54, 1.807) is 0 Å². The van der Waals surface area contributed by atoms with Crippen molar-refractivity contribution in [2.24, 2.45) is 0 Å². The first-order chi connectivity index (χ1) is 23.8. The van der Waals surface area contributed by atoms with Gasteiger partial charge >= 0.3 is 21.1 Å². The molecule has 0 radical (unpaired) electrons. The van der Waals surface area contributed by atoms with Gasteiger partial charge in [-0.25, -0.2) is 0 Å². The fraction of sp³-hybridized carbons (Fsp3) is 0.0227. The molecule has 0 fully saturated rings. The Balaban J connectivity index is 0.000000141. The molecule has 0 bridgehead atoms. The van der Waals surface area contributed by atoms with E-state index >= 15 is 0 Å². The molecule has 7 aromatic carbocycles. The molecule has 0 saturated heterocycles. The Morgan fingerprint density at radius 3 is 2.12 bits per heavy atom. The summed E-state index contributed by atoms with van der Waals surface area (Å²) in [6, 6.07) is 64.4. The summed E-state index contributed by atoms with van der Waals surface area (Å²) in [4.78, 5) is 2.33. The molecule has 0 aliphatic carbocycles. The van der Waals surface area contributed by atoms with Gasteiger partial charge in [0, 0.05) is 5.69 Å². The molecule has 0 amide bonds. The summed E-state index contributed by atoms with van der Waals surface area (Å²) >= 11 is 0. The third-order valence-electron chi connectivity index (χ3n) is 8.91. The first kappa shape index (κ1) is 30.6. The summed E-state index contributed by atoms with van der Waals surface area (Å²) in [6.07, 6.45) is 3.44. The normalized spacial score (nSPS) is 11.6. The maximum Gasteiger partial charge on any atom is 4.00 e. The Morgan fingerprint density at radius 2 is 1.29 bits per heavy atom. The van der Waals surface area contributed by atoms with E-state index in [9.17, 15) is 0 Å². The van der Waals surface area contributed by atoms with Crippen molar-refractivity contribution in [1.82, 2.24) is 9.13 Å². The van der Waals surface area contributed by atoms with E-state index in [1.807, 2.05) is 36.4 Å². The number of anilines is 3. The summed E-state index contributed by atoms with van der Waals surface area (Å²) in [5.74, 6) is 0. The van der Waals surface area contributed by atoms with Crippen molar-refractivity contribution in [2.45, 2.75) is 6.92 Å². The SMILES string of the molecule is Cc1ccc(-[n+]2[c-]n(-c3[c-]cccc3)c3ccccc32)cc1.[Pt+4].[c-]1cccc2c1-n1c3[c-]cccc3c3cccc(c31)N2c1ccccc1. The Morgan fingerprint density at radius 1 is 0.571 bits per heavy atom. The monoisotopic (exact) mass is 808 g/mol. The van der Waals surface area contributed by atoms with Gasteiger partial charge in [-0.1, -0.05) is 77.8 Å². The number of hydrogen-bond acceptors (Lipinski definition) is 1. The van der Waals surface area contributed by atoms with Crippen molar-refractivity contribution in [3.8, 4) is 17.1 Å². The minimum atomic E-state index is 0. The second-order valence-electron chi connectivity index (χ2n) is 11.9. The van der Waals surface area contributed by atoms with Gasteiger partial charge in [0.25, 0.3) is 6.33 Å². The third-order valence-corrected chi connectivity index (χ3v) is 8.91. The molecule has 2 aromatic heterocycles. The van der Waals surface area contributed by atoms with Crippen molar-refractivity contribution in [2.75, 3.05) is 4.90 Å². The maximum atomic E-state index is 3.47. The summed E-state index contributed by atoms with van der Waals surface area (Å²) in [7, 11) is 0. The topological polar surface area (TPSA) is 17.0 Å². The largest absolute Gasteiger partial charge is 4.00 e. The van der Waals surface area contributed by atoms with Crippen molar-refractivity contribution in [3.63, 3.8) is 0 Å². The molecule has 234 valence electrons. The molecule has 0 atom stereocenters. The van der Waals surface area contributed by atoms with E-state index in [-0.39, 0.29) is 21.1 Å². The summed E-state index contributed by atoms with van der Waals surface area (Å²) in [5.41, 5.74) is 12.5. The zero-order valence-electron chi connectivity index (χ0n) is 26.6. The Hall–Kier alpha value is -5.70. The predicted molar refractivity (Wildman–Crippen MR) is 194 cm³/mol. The van der Waals surface area contributed by atoms with E-state index in [0.717, 1.165) is 45.0 Å². The van der Waals surface area contributed by atoms with E-state index in [1.165, 1.54) is 27.5 Å². The molecule has 0 spiro atoms. The van der Waals surface area contributed by atoms with E-state index in [2.05, 4.69) is 171 Å². The van der Waals surface area contributed by atoms with Crippen LogP contribution in [0.1, 0.15) is 5.56 Å². The molecule has 0 N–H and O–H groups in total. The van der Waals surface area contributed by atoms with Crippen LogP contribution in [0, 0.1) is 31.5 Å². The van der Waals surface area contributed by atoms with Crippen LogP contribution in [0.25, 0.3) is 49.9 Å². The van der Waals surface area contributed by atoms with E-state index < -0.39 is 0 Å². The number of para-hydroxylation sites is 7. The number of nitrogens with zero attached hydrogens (tertiary/aromatic N) is 4. The molecule has 1 aliphatic heterocycles. The number of imidazole rings is 1. The van der Waals surface area contributed by atoms with Gasteiger partial charge in [-0.2, -0.15) is 72.8 Å². The molecular weight excluding hydrogens is 780 g/mol. The van der Waals surface area contributed by atoms with Crippen LogP contribution in [-0.4, -0.2) is 9.13 Å². The fourth-order valence-corrected chi connectivity index (χ4v) is 6.74. The summed E-state index contributed by atoms with van der Waals surface area (Å²) in [5, 5.41) is 2.47. The average Bonchev–Trinajstić information content (AvgIpc) is 3.71. The smallest absolute Gasteiger partial charge is 0.362 e. The zero-order valence-corrected chi connectivity index (χ0v) is 28.9. The van der Waals surface area contributed by atoms with Crippen molar-refractivity contribution >= 4 is 49.9 Å². The number of fused-ring (bicyclic) bond motifs is 6. The van der Waals surface area contributed by atoms with Gasteiger partial charge in [0.2, 0.25) is 0 Å². The molecule has 9 aromatic rings. The molecule has 5 heteroatoms. The van der Waals surface area contributed by atoms with Crippen LogP contribution in [0.5, 0.6) is 0 Å². The third kappa shape index (κ3) is 5.17. The van der Waals surface area contributed by atoms with Gasteiger partial charge in [-0.15, -0.1) is 11.5 Å². The quantitative estimate of drug-likeness (QED) is 0.128.